The monoisotopic (exact) mass is 443 g/mol. The number of hydrogen-bond donors (Lipinski definition) is 1. The molecule has 1 aliphatic heterocycles. The Morgan fingerprint density at radius 1 is 1.15 bits per heavy atom. The van der Waals surface area contributed by atoms with E-state index in [1.807, 2.05) is 35.7 Å². The SMILES string of the molecule is Cc1ncc2c(c1CNC(=O)c1ccccc1F)CCN(C(=O)c1cn3ccccc3n1)C2. The Balaban J connectivity index is 1.34. The highest BCUT2D eigenvalue weighted by atomic mass is 19.1. The molecule has 1 N–H and O–H groups in total. The Kier molecular flexibility index (Phi) is 5.34. The van der Waals surface area contributed by atoms with Crippen LogP contribution in [0.1, 0.15) is 43.2 Å². The highest BCUT2D eigenvalue weighted by Gasteiger charge is 2.26. The number of nitrogens with zero attached hydrogens (tertiary/aromatic N) is 4. The second-order valence-corrected chi connectivity index (χ2v) is 8.06. The molecule has 0 aliphatic carbocycles. The van der Waals surface area contributed by atoms with Crippen molar-refractivity contribution in [3.8, 4) is 0 Å². The lowest BCUT2D eigenvalue weighted by Crippen LogP contribution is -2.37. The van der Waals surface area contributed by atoms with Gasteiger partial charge in [0.2, 0.25) is 0 Å². The lowest BCUT2D eigenvalue weighted by Gasteiger charge is -2.30. The van der Waals surface area contributed by atoms with E-state index in [-0.39, 0.29) is 18.0 Å². The molecule has 4 heterocycles. The van der Waals surface area contributed by atoms with Gasteiger partial charge >= 0.3 is 0 Å². The molecule has 4 aromatic rings. The fourth-order valence-corrected chi connectivity index (χ4v) is 4.24. The van der Waals surface area contributed by atoms with E-state index >= 15 is 0 Å². The van der Waals surface area contributed by atoms with Crippen molar-refractivity contribution in [1.29, 1.82) is 0 Å². The first-order valence-electron chi connectivity index (χ1n) is 10.7. The number of pyridine rings is 2. The third-order valence-corrected chi connectivity index (χ3v) is 6.01. The van der Waals surface area contributed by atoms with Gasteiger partial charge in [-0.2, -0.15) is 0 Å². The first-order chi connectivity index (χ1) is 16.0. The molecule has 0 saturated heterocycles. The minimum atomic E-state index is -0.555. The van der Waals surface area contributed by atoms with Crippen LogP contribution in [-0.2, 0) is 19.5 Å². The molecule has 2 amide bonds. The first kappa shape index (κ1) is 20.8. The topological polar surface area (TPSA) is 79.6 Å². The molecular formula is C25H22FN5O2. The van der Waals surface area contributed by atoms with E-state index in [1.54, 1.807) is 29.4 Å². The fourth-order valence-electron chi connectivity index (χ4n) is 4.24. The summed E-state index contributed by atoms with van der Waals surface area (Å²) in [7, 11) is 0. The minimum absolute atomic E-state index is 0.0112. The summed E-state index contributed by atoms with van der Waals surface area (Å²) in [6.07, 6.45) is 6.03. The van der Waals surface area contributed by atoms with E-state index < -0.39 is 11.7 Å². The number of aryl methyl sites for hydroxylation is 1. The number of aromatic nitrogens is 3. The second kappa shape index (κ2) is 8.46. The number of fused-ring (bicyclic) bond motifs is 2. The number of carbonyl (C=O) groups is 2. The third kappa shape index (κ3) is 3.95. The molecule has 0 spiro atoms. The lowest BCUT2D eigenvalue weighted by atomic mass is 9.94. The lowest BCUT2D eigenvalue weighted by molar-refractivity contribution is 0.0729. The van der Waals surface area contributed by atoms with Crippen LogP contribution in [0.25, 0.3) is 5.65 Å². The number of rotatable bonds is 4. The summed E-state index contributed by atoms with van der Waals surface area (Å²) >= 11 is 0. The van der Waals surface area contributed by atoms with E-state index in [4.69, 9.17) is 0 Å². The maximum absolute atomic E-state index is 13.9. The molecule has 0 saturated carbocycles. The smallest absolute Gasteiger partial charge is 0.274 e. The quantitative estimate of drug-likeness (QED) is 0.525. The van der Waals surface area contributed by atoms with Crippen LogP contribution < -0.4 is 5.32 Å². The van der Waals surface area contributed by atoms with Crippen molar-refractivity contribution in [2.24, 2.45) is 0 Å². The van der Waals surface area contributed by atoms with Gasteiger partial charge in [0.1, 0.15) is 17.2 Å². The van der Waals surface area contributed by atoms with Crippen molar-refractivity contribution >= 4 is 17.5 Å². The number of hydrogen-bond acceptors (Lipinski definition) is 4. The average Bonchev–Trinajstić information content (AvgIpc) is 3.27. The third-order valence-electron chi connectivity index (χ3n) is 6.01. The average molecular weight is 443 g/mol. The van der Waals surface area contributed by atoms with Crippen molar-refractivity contribution in [2.45, 2.75) is 26.4 Å². The molecule has 5 rings (SSSR count). The van der Waals surface area contributed by atoms with Gasteiger partial charge in [0.25, 0.3) is 11.8 Å². The van der Waals surface area contributed by atoms with E-state index in [2.05, 4.69) is 15.3 Å². The number of imidazole rings is 1. The van der Waals surface area contributed by atoms with E-state index in [9.17, 15) is 14.0 Å². The molecule has 3 aromatic heterocycles. The molecule has 0 bridgehead atoms. The van der Waals surface area contributed by atoms with Gasteiger partial charge in [-0.15, -0.1) is 0 Å². The number of nitrogens with one attached hydrogen (secondary N) is 1. The Morgan fingerprint density at radius 3 is 2.79 bits per heavy atom. The zero-order valence-electron chi connectivity index (χ0n) is 18.1. The molecule has 7 nitrogen and oxygen atoms in total. The van der Waals surface area contributed by atoms with Crippen molar-refractivity contribution in [2.75, 3.05) is 6.54 Å². The summed E-state index contributed by atoms with van der Waals surface area (Å²) in [6, 6.07) is 11.5. The van der Waals surface area contributed by atoms with Crippen LogP contribution >= 0.6 is 0 Å². The fraction of sp³-hybridized carbons (Fsp3) is 0.200. The van der Waals surface area contributed by atoms with Crippen LogP contribution in [0.15, 0.2) is 61.1 Å². The summed E-state index contributed by atoms with van der Waals surface area (Å²) in [5.41, 5.74) is 4.89. The summed E-state index contributed by atoms with van der Waals surface area (Å²) in [6.45, 7) is 3.09. The Hall–Kier alpha value is -4.07. The standard InChI is InChI=1S/C25H22FN5O2/c1-16-20(13-28-24(32)19-6-2-3-7-21(19)26)18-9-11-31(14-17(18)12-27-16)25(33)22-15-30-10-5-4-8-23(30)29-22/h2-8,10,12,15H,9,11,13-14H2,1H3,(H,28,32). The van der Waals surface area contributed by atoms with Gasteiger partial charge in [0.05, 0.1) is 5.56 Å². The van der Waals surface area contributed by atoms with E-state index in [0.29, 0.717) is 25.2 Å². The van der Waals surface area contributed by atoms with Crippen LogP contribution in [0.3, 0.4) is 0 Å². The van der Waals surface area contributed by atoms with Gasteiger partial charge in [-0.05, 0) is 54.3 Å². The van der Waals surface area contributed by atoms with Crippen molar-refractivity contribution in [3.05, 3.63) is 101 Å². The van der Waals surface area contributed by atoms with Crippen LogP contribution in [0.5, 0.6) is 0 Å². The van der Waals surface area contributed by atoms with Crippen LogP contribution in [0.2, 0.25) is 0 Å². The largest absolute Gasteiger partial charge is 0.348 e. The van der Waals surface area contributed by atoms with Crippen LogP contribution in [0.4, 0.5) is 4.39 Å². The zero-order valence-corrected chi connectivity index (χ0v) is 18.1. The molecule has 8 heteroatoms. The highest BCUT2D eigenvalue weighted by molar-refractivity contribution is 5.94. The predicted molar refractivity (Wildman–Crippen MR) is 120 cm³/mol. The molecule has 0 fully saturated rings. The molecule has 0 unspecified atom stereocenters. The van der Waals surface area contributed by atoms with Gasteiger partial charge in [0, 0.05) is 43.9 Å². The van der Waals surface area contributed by atoms with Crippen molar-refractivity contribution in [1.82, 2.24) is 24.6 Å². The normalized spacial score (nSPS) is 13.1. The highest BCUT2D eigenvalue weighted by Crippen LogP contribution is 2.25. The maximum atomic E-state index is 13.9. The molecule has 0 radical (unpaired) electrons. The summed E-state index contributed by atoms with van der Waals surface area (Å²) in [5, 5.41) is 2.81. The Morgan fingerprint density at radius 2 is 1.97 bits per heavy atom. The molecule has 0 atom stereocenters. The minimum Gasteiger partial charge on any atom is -0.348 e. The number of benzene rings is 1. The summed E-state index contributed by atoms with van der Waals surface area (Å²) in [4.78, 5) is 36.2. The van der Waals surface area contributed by atoms with Crippen molar-refractivity contribution < 1.29 is 14.0 Å². The van der Waals surface area contributed by atoms with E-state index in [0.717, 1.165) is 28.0 Å². The molecular weight excluding hydrogens is 421 g/mol. The second-order valence-electron chi connectivity index (χ2n) is 8.06. The van der Waals surface area contributed by atoms with Gasteiger partial charge in [-0.1, -0.05) is 18.2 Å². The van der Waals surface area contributed by atoms with Gasteiger partial charge in [0.15, 0.2) is 0 Å². The summed E-state index contributed by atoms with van der Waals surface area (Å²) in [5.74, 6) is -1.15. The molecule has 166 valence electrons. The van der Waals surface area contributed by atoms with Gasteiger partial charge in [-0.25, -0.2) is 9.37 Å². The zero-order chi connectivity index (χ0) is 22.9. The molecule has 1 aromatic carbocycles. The summed E-state index contributed by atoms with van der Waals surface area (Å²) < 4.78 is 15.8. The Labute approximate surface area is 189 Å². The number of halogens is 1. The van der Waals surface area contributed by atoms with Gasteiger partial charge in [-0.3, -0.25) is 14.6 Å². The first-order valence-corrected chi connectivity index (χ1v) is 10.7. The van der Waals surface area contributed by atoms with Crippen LogP contribution in [0, 0.1) is 12.7 Å². The molecule has 33 heavy (non-hydrogen) atoms. The Bertz CT molecular complexity index is 1350. The van der Waals surface area contributed by atoms with Crippen LogP contribution in [-0.4, -0.2) is 37.6 Å². The van der Waals surface area contributed by atoms with E-state index in [1.165, 1.54) is 12.1 Å². The maximum Gasteiger partial charge on any atom is 0.274 e. The molecule has 1 aliphatic rings. The number of amides is 2. The van der Waals surface area contributed by atoms with Gasteiger partial charge < -0.3 is 14.6 Å². The van der Waals surface area contributed by atoms with Crippen molar-refractivity contribution in [3.63, 3.8) is 0 Å². The number of carbonyl (C=O) groups excluding carboxylic acids is 2. The predicted octanol–water partition coefficient (Wildman–Crippen LogP) is 3.31.